The van der Waals surface area contributed by atoms with Gasteiger partial charge in [-0.2, -0.15) is 0 Å². The van der Waals surface area contributed by atoms with Crippen molar-refractivity contribution in [3.8, 4) is 16.9 Å². The highest BCUT2D eigenvalue weighted by molar-refractivity contribution is 5.61. The second kappa shape index (κ2) is 4.33. The number of aromatic nitrogens is 3. The third-order valence-electron chi connectivity index (χ3n) is 2.75. The minimum Gasteiger partial charge on any atom is -0.384 e. The minimum absolute atomic E-state index is 0.518. The average Bonchev–Trinajstić information content (AvgIpc) is 2.90. The molecule has 88 valence electrons. The van der Waals surface area contributed by atoms with Crippen LogP contribution < -0.4 is 5.73 Å². The summed E-state index contributed by atoms with van der Waals surface area (Å²) in [6.45, 7) is 0. The summed E-state index contributed by atoms with van der Waals surface area (Å²) in [6.07, 6.45) is 5.37. The molecule has 0 bridgehead atoms. The van der Waals surface area contributed by atoms with E-state index in [4.69, 9.17) is 5.73 Å². The van der Waals surface area contributed by atoms with Crippen molar-refractivity contribution >= 4 is 5.82 Å². The molecule has 0 fully saturated rings. The molecule has 3 aromatic rings. The van der Waals surface area contributed by atoms with E-state index in [2.05, 4.69) is 9.97 Å². The molecule has 2 heterocycles. The smallest absolute Gasteiger partial charge is 0.123 e. The van der Waals surface area contributed by atoms with Crippen molar-refractivity contribution in [2.24, 2.45) is 0 Å². The predicted octanol–water partition coefficient (Wildman–Crippen LogP) is 2.52. The topological polar surface area (TPSA) is 56.7 Å². The zero-order valence-corrected chi connectivity index (χ0v) is 9.69. The lowest BCUT2D eigenvalue weighted by Crippen LogP contribution is -1.96. The molecule has 0 amide bonds. The summed E-state index contributed by atoms with van der Waals surface area (Å²) in [7, 11) is 0. The molecule has 0 spiro atoms. The zero-order chi connectivity index (χ0) is 12.4. The van der Waals surface area contributed by atoms with E-state index >= 15 is 0 Å². The SMILES string of the molecule is Nc1ccc(-c2cncn2-c2ccccc2)cn1. The van der Waals surface area contributed by atoms with Crippen LogP contribution in [0, 0.1) is 0 Å². The molecule has 4 heteroatoms. The van der Waals surface area contributed by atoms with Gasteiger partial charge in [-0.15, -0.1) is 0 Å². The minimum atomic E-state index is 0.518. The van der Waals surface area contributed by atoms with E-state index in [0.717, 1.165) is 16.9 Å². The van der Waals surface area contributed by atoms with Gasteiger partial charge in [0.15, 0.2) is 0 Å². The Hall–Kier alpha value is -2.62. The van der Waals surface area contributed by atoms with Crippen LogP contribution in [0.1, 0.15) is 0 Å². The second-order valence-corrected chi connectivity index (χ2v) is 3.96. The molecule has 0 aliphatic carbocycles. The Bertz CT molecular complexity index is 641. The first-order chi connectivity index (χ1) is 8.84. The lowest BCUT2D eigenvalue weighted by Gasteiger charge is -2.07. The molecule has 0 radical (unpaired) electrons. The standard InChI is InChI=1S/C14H12N4/c15-14-7-6-11(8-17-14)13-9-16-10-18(13)12-4-2-1-3-5-12/h1-10H,(H2,15,17). The summed E-state index contributed by atoms with van der Waals surface area (Å²) < 4.78 is 2.02. The van der Waals surface area contributed by atoms with Gasteiger partial charge in [0.25, 0.3) is 0 Å². The maximum absolute atomic E-state index is 5.60. The van der Waals surface area contributed by atoms with Gasteiger partial charge < -0.3 is 5.73 Å². The first-order valence-electron chi connectivity index (χ1n) is 5.64. The van der Waals surface area contributed by atoms with Crippen molar-refractivity contribution in [2.75, 3.05) is 5.73 Å². The Morgan fingerprint density at radius 2 is 1.78 bits per heavy atom. The highest BCUT2D eigenvalue weighted by atomic mass is 15.0. The molecule has 0 aliphatic heterocycles. The maximum atomic E-state index is 5.60. The molecule has 0 saturated carbocycles. The monoisotopic (exact) mass is 236 g/mol. The number of imidazole rings is 1. The van der Waals surface area contributed by atoms with Gasteiger partial charge >= 0.3 is 0 Å². The summed E-state index contributed by atoms with van der Waals surface area (Å²) in [5.41, 5.74) is 8.65. The molecule has 2 N–H and O–H groups in total. The van der Waals surface area contributed by atoms with Gasteiger partial charge in [-0.05, 0) is 24.3 Å². The Morgan fingerprint density at radius 3 is 2.50 bits per heavy atom. The Balaban J connectivity index is 2.10. The molecule has 0 saturated heterocycles. The van der Waals surface area contributed by atoms with E-state index < -0.39 is 0 Å². The van der Waals surface area contributed by atoms with Crippen LogP contribution >= 0.6 is 0 Å². The summed E-state index contributed by atoms with van der Waals surface area (Å²) >= 11 is 0. The van der Waals surface area contributed by atoms with Gasteiger partial charge in [-0.25, -0.2) is 9.97 Å². The van der Waals surface area contributed by atoms with Crippen LogP contribution in [0.3, 0.4) is 0 Å². The van der Waals surface area contributed by atoms with E-state index in [-0.39, 0.29) is 0 Å². The molecule has 0 aliphatic rings. The number of rotatable bonds is 2. The van der Waals surface area contributed by atoms with E-state index in [1.807, 2.05) is 47.2 Å². The van der Waals surface area contributed by atoms with Crippen LogP contribution in [-0.4, -0.2) is 14.5 Å². The number of pyridine rings is 1. The number of hydrogen-bond acceptors (Lipinski definition) is 3. The molecule has 0 atom stereocenters. The number of nitrogens with zero attached hydrogens (tertiary/aromatic N) is 3. The van der Waals surface area contributed by atoms with Gasteiger partial charge in [0.1, 0.15) is 5.82 Å². The van der Waals surface area contributed by atoms with E-state index in [1.165, 1.54) is 0 Å². The largest absolute Gasteiger partial charge is 0.384 e. The molecular formula is C14H12N4. The van der Waals surface area contributed by atoms with Crippen molar-refractivity contribution < 1.29 is 0 Å². The fourth-order valence-electron chi connectivity index (χ4n) is 1.86. The molecule has 4 nitrogen and oxygen atoms in total. The van der Waals surface area contributed by atoms with Gasteiger partial charge in [-0.1, -0.05) is 18.2 Å². The first kappa shape index (κ1) is 10.5. The highest BCUT2D eigenvalue weighted by Crippen LogP contribution is 2.22. The quantitative estimate of drug-likeness (QED) is 0.743. The number of para-hydroxylation sites is 1. The van der Waals surface area contributed by atoms with Gasteiger partial charge in [0, 0.05) is 17.4 Å². The van der Waals surface area contributed by atoms with Crippen molar-refractivity contribution in [3.63, 3.8) is 0 Å². The second-order valence-electron chi connectivity index (χ2n) is 3.96. The molecule has 1 aromatic carbocycles. The number of benzene rings is 1. The zero-order valence-electron chi connectivity index (χ0n) is 9.69. The number of nitrogens with two attached hydrogens (primary N) is 1. The van der Waals surface area contributed by atoms with Crippen molar-refractivity contribution in [2.45, 2.75) is 0 Å². The number of nitrogen functional groups attached to an aromatic ring is 1. The molecule has 2 aromatic heterocycles. The lowest BCUT2D eigenvalue weighted by molar-refractivity contribution is 1.06. The normalized spacial score (nSPS) is 10.4. The van der Waals surface area contributed by atoms with E-state index in [1.54, 1.807) is 18.6 Å². The van der Waals surface area contributed by atoms with Crippen LogP contribution in [0.15, 0.2) is 61.2 Å². The number of anilines is 1. The van der Waals surface area contributed by atoms with Gasteiger partial charge in [0.05, 0.1) is 18.2 Å². The fraction of sp³-hybridized carbons (Fsp3) is 0. The van der Waals surface area contributed by atoms with E-state index in [0.29, 0.717) is 5.82 Å². The third-order valence-corrected chi connectivity index (χ3v) is 2.75. The molecule has 0 unspecified atom stereocenters. The van der Waals surface area contributed by atoms with Crippen molar-refractivity contribution in [1.29, 1.82) is 0 Å². The van der Waals surface area contributed by atoms with Gasteiger partial charge in [-0.3, -0.25) is 4.57 Å². The first-order valence-corrected chi connectivity index (χ1v) is 5.64. The molecule has 3 rings (SSSR count). The van der Waals surface area contributed by atoms with Crippen LogP contribution in [0.4, 0.5) is 5.82 Å². The Labute approximate surface area is 105 Å². The Morgan fingerprint density at radius 1 is 0.944 bits per heavy atom. The van der Waals surface area contributed by atoms with Crippen molar-refractivity contribution in [3.05, 3.63) is 61.2 Å². The summed E-state index contributed by atoms with van der Waals surface area (Å²) in [4.78, 5) is 8.31. The average molecular weight is 236 g/mol. The molecule has 18 heavy (non-hydrogen) atoms. The van der Waals surface area contributed by atoms with E-state index in [9.17, 15) is 0 Å². The maximum Gasteiger partial charge on any atom is 0.123 e. The highest BCUT2D eigenvalue weighted by Gasteiger charge is 2.06. The number of hydrogen-bond donors (Lipinski definition) is 1. The summed E-state index contributed by atoms with van der Waals surface area (Å²) in [6, 6.07) is 13.8. The molecular weight excluding hydrogens is 224 g/mol. The Kier molecular flexibility index (Phi) is 2.53. The van der Waals surface area contributed by atoms with Gasteiger partial charge in [0.2, 0.25) is 0 Å². The third kappa shape index (κ3) is 1.84. The summed E-state index contributed by atoms with van der Waals surface area (Å²) in [5, 5.41) is 0. The van der Waals surface area contributed by atoms with Crippen molar-refractivity contribution in [1.82, 2.24) is 14.5 Å². The van der Waals surface area contributed by atoms with Crippen LogP contribution in [0.25, 0.3) is 16.9 Å². The van der Waals surface area contributed by atoms with Crippen LogP contribution in [0.5, 0.6) is 0 Å². The lowest BCUT2D eigenvalue weighted by atomic mass is 10.2. The predicted molar refractivity (Wildman–Crippen MR) is 71.2 cm³/mol. The fourth-order valence-corrected chi connectivity index (χ4v) is 1.86. The summed E-state index contributed by atoms with van der Waals surface area (Å²) in [5.74, 6) is 0.518. The van der Waals surface area contributed by atoms with Crippen LogP contribution in [0.2, 0.25) is 0 Å². The van der Waals surface area contributed by atoms with Crippen LogP contribution in [-0.2, 0) is 0 Å².